The number of hydrogen-bond acceptors (Lipinski definition) is 6. The average Bonchev–Trinajstić information content (AvgIpc) is 3.27. The lowest BCUT2D eigenvalue weighted by Crippen LogP contribution is -2.03. The summed E-state index contributed by atoms with van der Waals surface area (Å²) >= 11 is 4.91. The third kappa shape index (κ3) is 4.19. The first-order valence-electron chi connectivity index (χ1n) is 8.76. The summed E-state index contributed by atoms with van der Waals surface area (Å²) in [5.41, 5.74) is 2.39. The van der Waals surface area contributed by atoms with E-state index >= 15 is 0 Å². The van der Waals surface area contributed by atoms with Crippen LogP contribution >= 0.6 is 11.6 Å². The molecule has 7 nitrogen and oxygen atoms in total. The molecule has 1 aromatic carbocycles. The number of benzene rings is 1. The van der Waals surface area contributed by atoms with Crippen LogP contribution in [0, 0.1) is 6.92 Å². The van der Waals surface area contributed by atoms with E-state index in [2.05, 4.69) is 24.0 Å². The van der Waals surface area contributed by atoms with Crippen LogP contribution in [0.1, 0.15) is 17.1 Å². The van der Waals surface area contributed by atoms with E-state index in [0.717, 1.165) is 5.56 Å². The van der Waals surface area contributed by atoms with Crippen LogP contribution < -0.4 is 0 Å². The molecule has 0 aliphatic rings. The Morgan fingerprint density at radius 3 is 2.63 bits per heavy atom. The second-order valence-corrected chi connectivity index (χ2v) is 9.63. The monoisotopic (exact) mass is 451 g/mol. The predicted molar refractivity (Wildman–Crippen MR) is 109 cm³/mol. The molecule has 0 bridgehead atoms. The number of aryl methyl sites for hydroxylation is 1. The van der Waals surface area contributed by atoms with Crippen molar-refractivity contribution in [3.05, 3.63) is 65.8 Å². The van der Waals surface area contributed by atoms with Crippen LogP contribution in [-0.4, -0.2) is 30.0 Å². The predicted octanol–water partition coefficient (Wildman–Crippen LogP) is 4.91. The minimum atomic E-state index is -3.74. The number of fused-ring (bicyclic) bond motifs is 1. The Hall–Kier alpha value is -2.85. The van der Waals surface area contributed by atoms with E-state index in [0.29, 0.717) is 28.5 Å². The third-order valence-corrected chi connectivity index (χ3v) is 5.84. The Morgan fingerprint density at radius 2 is 1.97 bits per heavy atom. The first kappa shape index (κ1) is 20.4. The number of aromatic nitrogens is 4. The molecule has 0 amide bonds. The number of halogens is 3. The molecule has 11 heteroatoms. The molecule has 1 unspecified atom stereocenters. The fourth-order valence-electron chi connectivity index (χ4n) is 2.95. The molecule has 30 heavy (non-hydrogen) atoms. The molecule has 0 aliphatic carbocycles. The Morgan fingerprint density at radius 1 is 1.23 bits per heavy atom. The van der Waals surface area contributed by atoms with Gasteiger partial charge in [-0.25, -0.2) is 9.19 Å². The van der Waals surface area contributed by atoms with Gasteiger partial charge in [0.25, 0.3) is 0 Å². The van der Waals surface area contributed by atoms with Gasteiger partial charge in [0.05, 0.1) is 21.2 Å². The molecule has 0 fully saturated rings. The lowest BCUT2D eigenvalue weighted by atomic mass is 10.2. The zero-order valence-electron chi connectivity index (χ0n) is 15.9. The van der Waals surface area contributed by atoms with Crippen molar-refractivity contribution in [2.24, 2.45) is 4.36 Å². The standard InChI is InChI=1S/C19H16ClF2N5O2S/c1-12-17(26-30(2,28)11-13-6-4-3-5-7-13)27-9-8-14(10-15(27)23-12)16-24-18(29-25-16)19(20,21)22/h3-10H,11H2,1-2H3. The van der Waals surface area contributed by atoms with Crippen molar-refractivity contribution in [1.82, 2.24) is 19.5 Å². The van der Waals surface area contributed by atoms with Gasteiger partial charge < -0.3 is 4.52 Å². The zero-order chi connectivity index (χ0) is 21.5. The van der Waals surface area contributed by atoms with E-state index in [1.54, 1.807) is 35.9 Å². The number of hydrogen-bond donors (Lipinski definition) is 0. The lowest BCUT2D eigenvalue weighted by Gasteiger charge is -2.05. The number of nitrogens with zero attached hydrogens (tertiary/aromatic N) is 5. The van der Waals surface area contributed by atoms with Crippen LogP contribution in [-0.2, 0) is 20.9 Å². The van der Waals surface area contributed by atoms with Crippen molar-refractivity contribution in [1.29, 1.82) is 0 Å². The van der Waals surface area contributed by atoms with Gasteiger partial charge >= 0.3 is 11.3 Å². The maximum Gasteiger partial charge on any atom is 0.400 e. The summed E-state index contributed by atoms with van der Waals surface area (Å²) in [5, 5.41) is -0.206. The lowest BCUT2D eigenvalue weighted by molar-refractivity contribution is 0.0551. The summed E-state index contributed by atoms with van der Waals surface area (Å²) < 4.78 is 50.0. The quantitative estimate of drug-likeness (QED) is 0.402. The van der Waals surface area contributed by atoms with Crippen molar-refractivity contribution in [2.45, 2.75) is 18.1 Å². The molecule has 3 heterocycles. The van der Waals surface area contributed by atoms with Crippen LogP contribution in [0.15, 0.2) is 57.5 Å². The normalized spacial score (nSPS) is 14.0. The smallest absolute Gasteiger partial charge is 0.331 e. The van der Waals surface area contributed by atoms with E-state index < -0.39 is 21.0 Å². The van der Waals surface area contributed by atoms with Gasteiger partial charge in [0, 0.05) is 18.0 Å². The van der Waals surface area contributed by atoms with E-state index in [-0.39, 0.29) is 5.82 Å². The summed E-state index contributed by atoms with van der Waals surface area (Å²) in [6.07, 6.45) is 3.23. The molecule has 0 radical (unpaired) electrons. The summed E-state index contributed by atoms with van der Waals surface area (Å²) in [7, 11) is -2.57. The van der Waals surface area contributed by atoms with E-state index in [4.69, 9.17) is 11.6 Å². The SMILES string of the molecule is Cc1nc2cc(-c3noc(C(F)(F)Cl)n3)ccn2c1N=S(C)(=O)Cc1ccccc1. The molecule has 0 saturated carbocycles. The van der Waals surface area contributed by atoms with Crippen LogP contribution in [0.2, 0.25) is 0 Å². The van der Waals surface area contributed by atoms with Gasteiger partial charge in [-0.2, -0.15) is 18.1 Å². The first-order chi connectivity index (χ1) is 14.1. The fourth-order valence-corrected chi connectivity index (χ4v) is 4.49. The summed E-state index contributed by atoms with van der Waals surface area (Å²) in [6, 6.07) is 12.7. The van der Waals surface area contributed by atoms with Gasteiger partial charge in [0.15, 0.2) is 5.82 Å². The van der Waals surface area contributed by atoms with E-state index in [1.165, 1.54) is 0 Å². The second kappa shape index (κ2) is 7.44. The minimum Gasteiger partial charge on any atom is -0.331 e. The molecule has 0 N–H and O–H groups in total. The molecule has 4 rings (SSSR count). The fraction of sp³-hybridized carbons (Fsp3) is 0.211. The average molecular weight is 452 g/mol. The van der Waals surface area contributed by atoms with Gasteiger partial charge in [0.1, 0.15) is 5.65 Å². The van der Waals surface area contributed by atoms with Gasteiger partial charge in [-0.15, -0.1) is 0 Å². The second-order valence-electron chi connectivity index (χ2n) is 6.77. The summed E-state index contributed by atoms with van der Waals surface area (Å²) in [6.45, 7) is 1.75. The van der Waals surface area contributed by atoms with Crippen molar-refractivity contribution in [3.8, 4) is 11.4 Å². The van der Waals surface area contributed by atoms with Crippen molar-refractivity contribution in [2.75, 3.05) is 6.26 Å². The minimum absolute atomic E-state index is 0.0460. The van der Waals surface area contributed by atoms with E-state index in [1.807, 2.05) is 30.3 Å². The molecule has 0 aliphatic heterocycles. The molecule has 3 aromatic heterocycles. The highest BCUT2D eigenvalue weighted by Crippen LogP contribution is 2.32. The zero-order valence-corrected chi connectivity index (χ0v) is 17.5. The highest BCUT2D eigenvalue weighted by atomic mass is 35.5. The van der Waals surface area contributed by atoms with E-state index in [9.17, 15) is 13.0 Å². The van der Waals surface area contributed by atoms with Crippen molar-refractivity contribution < 1.29 is 17.5 Å². The van der Waals surface area contributed by atoms with Gasteiger partial charge in [-0.05, 0) is 36.2 Å². The third-order valence-electron chi connectivity index (χ3n) is 4.25. The van der Waals surface area contributed by atoms with Crippen molar-refractivity contribution >= 4 is 32.8 Å². The molecule has 0 spiro atoms. The number of alkyl halides is 3. The largest absolute Gasteiger partial charge is 0.400 e. The maximum absolute atomic E-state index is 13.1. The van der Waals surface area contributed by atoms with Gasteiger partial charge in [-0.1, -0.05) is 35.5 Å². The molecule has 4 aromatic rings. The number of rotatable bonds is 5. The van der Waals surface area contributed by atoms with Crippen LogP contribution in [0.3, 0.4) is 0 Å². The molecular formula is C19H16ClF2N5O2S. The number of imidazole rings is 1. The Kier molecular flexibility index (Phi) is 5.07. The van der Waals surface area contributed by atoms with Gasteiger partial charge in [0.2, 0.25) is 5.82 Å². The molecular weight excluding hydrogens is 436 g/mol. The Bertz CT molecular complexity index is 1340. The Labute approximate surface area is 175 Å². The Balaban J connectivity index is 1.72. The van der Waals surface area contributed by atoms with Crippen LogP contribution in [0.25, 0.3) is 17.0 Å². The summed E-state index contributed by atoms with van der Waals surface area (Å²) in [4.78, 5) is 8.06. The molecule has 1 atom stereocenters. The maximum atomic E-state index is 13.1. The van der Waals surface area contributed by atoms with Crippen LogP contribution in [0.4, 0.5) is 14.6 Å². The molecule has 156 valence electrons. The molecule has 0 saturated heterocycles. The number of pyridine rings is 1. The van der Waals surface area contributed by atoms with Crippen molar-refractivity contribution in [3.63, 3.8) is 0 Å². The topological polar surface area (TPSA) is 85.7 Å². The van der Waals surface area contributed by atoms with Gasteiger partial charge in [-0.3, -0.25) is 4.40 Å². The van der Waals surface area contributed by atoms with Crippen LogP contribution in [0.5, 0.6) is 0 Å². The highest BCUT2D eigenvalue weighted by Gasteiger charge is 2.35. The summed E-state index contributed by atoms with van der Waals surface area (Å²) in [5.74, 6) is -0.270. The highest BCUT2D eigenvalue weighted by molar-refractivity contribution is 7.92. The first-order valence-corrected chi connectivity index (χ1v) is 11.2.